The lowest BCUT2D eigenvalue weighted by atomic mass is 9.89. The Balaban J connectivity index is 0.000000730. The van der Waals surface area contributed by atoms with Crippen molar-refractivity contribution in [3.8, 4) is 0 Å². The predicted octanol–water partition coefficient (Wildman–Crippen LogP) is 4.35. The van der Waals surface area contributed by atoms with E-state index >= 15 is 0 Å². The molecule has 4 rings (SSSR count). The number of benzene rings is 3. The van der Waals surface area contributed by atoms with Crippen molar-refractivity contribution >= 4 is 23.7 Å². The number of piperidine rings is 1. The van der Waals surface area contributed by atoms with Crippen molar-refractivity contribution in [2.75, 3.05) is 26.2 Å². The summed E-state index contributed by atoms with van der Waals surface area (Å²) in [4.78, 5) is 46.9. The second-order valence-electron chi connectivity index (χ2n) is 10.1. The van der Waals surface area contributed by atoms with E-state index in [1.54, 1.807) is 0 Å². The molecular weight excluding hydrogens is 538 g/mol. The van der Waals surface area contributed by atoms with Crippen molar-refractivity contribution in [2.24, 2.45) is 0 Å². The summed E-state index contributed by atoms with van der Waals surface area (Å²) in [6.45, 7) is 4.35. The highest BCUT2D eigenvalue weighted by Crippen LogP contribution is 2.28. The number of carbonyl (C=O) groups excluding carboxylic acids is 2. The molecule has 1 fully saturated rings. The van der Waals surface area contributed by atoms with Gasteiger partial charge in [-0.15, -0.1) is 0 Å². The van der Waals surface area contributed by atoms with Crippen LogP contribution in [-0.4, -0.2) is 70.6 Å². The van der Waals surface area contributed by atoms with Crippen LogP contribution in [0.15, 0.2) is 91.0 Å². The first-order valence-electron chi connectivity index (χ1n) is 13.8. The number of ketones is 1. The second kappa shape index (κ2) is 16.2. The molecule has 9 heteroatoms. The van der Waals surface area contributed by atoms with E-state index in [-0.39, 0.29) is 25.4 Å². The number of likely N-dealkylation sites (tertiary alicyclic amines) is 1. The lowest BCUT2D eigenvalue weighted by Gasteiger charge is -2.33. The molecule has 2 N–H and O–H groups in total. The van der Waals surface area contributed by atoms with Crippen molar-refractivity contribution in [3.63, 3.8) is 0 Å². The molecule has 0 aliphatic carbocycles. The van der Waals surface area contributed by atoms with E-state index in [0.717, 1.165) is 37.1 Å². The van der Waals surface area contributed by atoms with Gasteiger partial charge in [-0.3, -0.25) is 9.69 Å². The van der Waals surface area contributed by atoms with E-state index in [1.165, 1.54) is 12.5 Å². The number of Topliss-reactive ketones (excluding diaryl/α,β-unsaturated/α-hetero) is 1. The Morgan fingerprint density at radius 3 is 1.79 bits per heavy atom. The van der Waals surface area contributed by atoms with Gasteiger partial charge >= 0.3 is 17.9 Å². The summed E-state index contributed by atoms with van der Waals surface area (Å²) in [5.74, 6) is -4.04. The minimum Gasteiger partial charge on any atom is -0.473 e. The van der Waals surface area contributed by atoms with Crippen LogP contribution in [0.5, 0.6) is 0 Å². The summed E-state index contributed by atoms with van der Waals surface area (Å²) in [7, 11) is 0. The van der Waals surface area contributed by atoms with Gasteiger partial charge in [-0.2, -0.15) is 0 Å². The summed E-state index contributed by atoms with van der Waals surface area (Å²) in [5.41, 5.74) is 1.45. The molecule has 0 saturated carbocycles. The molecule has 3 aromatic rings. The molecule has 1 aliphatic heterocycles. The van der Waals surface area contributed by atoms with Gasteiger partial charge in [0.2, 0.25) is 5.60 Å². The first-order chi connectivity index (χ1) is 20.2. The highest BCUT2D eigenvalue weighted by molar-refractivity contribution is 6.27. The summed E-state index contributed by atoms with van der Waals surface area (Å²) < 4.78 is 11.8. The highest BCUT2D eigenvalue weighted by atomic mass is 16.6. The highest BCUT2D eigenvalue weighted by Gasteiger charge is 2.46. The predicted molar refractivity (Wildman–Crippen MR) is 156 cm³/mol. The average molecular weight is 576 g/mol. The fourth-order valence-electron chi connectivity index (χ4n) is 4.82. The van der Waals surface area contributed by atoms with Crippen LogP contribution in [0.25, 0.3) is 0 Å². The van der Waals surface area contributed by atoms with E-state index in [9.17, 15) is 9.59 Å². The van der Waals surface area contributed by atoms with Gasteiger partial charge in [0.25, 0.3) is 0 Å². The molecule has 1 atom stereocenters. The molecule has 0 radical (unpaired) electrons. The number of carbonyl (C=O) groups is 4. The largest absolute Gasteiger partial charge is 0.473 e. The molecule has 1 unspecified atom stereocenters. The van der Waals surface area contributed by atoms with E-state index in [2.05, 4.69) is 35.2 Å². The standard InChI is InChI=1S/C31H35NO4.C2H2O4/c1-25(33)31(23-26-11-5-2-6-12-26,36-24-27-13-7-3-8-14-27)30(34)35-22-21-32-19-17-29(18-20-32)28-15-9-4-10-16-28;3-1(4)2(5)6/h2-16,29H,17-24H2,1H3;(H,3,4)(H,5,6). The molecule has 1 saturated heterocycles. The average Bonchev–Trinajstić information content (AvgIpc) is 3.01. The molecule has 1 heterocycles. The molecule has 0 amide bonds. The van der Waals surface area contributed by atoms with Gasteiger partial charge in [-0.1, -0.05) is 91.0 Å². The Bertz CT molecular complexity index is 1280. The maximum absolute atomic E-state index is 13.4. The summed E-state index contributed by atoms with van der Waals surface area (Å²) in [6.07, 6.45) is 2.31. The molecule has 0 aromatic heterocycles. The molecule has 9 nitrogen and oxygen atoms in total. The normalized spacial score (nSPS) is 15.0. The molecular formula is C33H37NO8. The molecule has 3 aromatic carbocycles. The van der Waals surface area contributed by atoms with Crippen molar-refractivity contribution < 1.29 is 38.9 Å². The third-order valence-electron chi connectivity index (χ3n) is 7.20. The van der Waals surface area contributed by atoms with Crippen molar-refractivity contribution in [1.82, 2.24) is 4.90 Å². The number of hydrogen-bond acceptors (Lipinski definition) is 7. The molecule has 42 heavy (non-hydrogen) atoms. The Hall–Kier alpha value is -4.34. The minimum atomic E-state index is -1.82. The first kappa shape index (κ1) is 32.2. The van der Waals surface area contributed by atoms with Gasteiger partial charge in [0.1, 0.15) is 6.61 Å². The number of hydrogen-bond donors (Lipinski definition) is 2. The second-order valence-corrected chi connectivity index (χ2v) is 10.1. The van der Waals surface area contributed by atoms with E-state index in [1.807, 2.05) is 60.7 Å². The monoisotopic (exact) mass is 575 g/mol. The van der Waals surface area contributed by atoms with Gasteiger partial charge in [0.05, 0.1) is 6.61 Å². The van der Waals surface area contributed by atoms with Crippen LogP contribution >= 0.6 is 0 Å². The van der Waals surface area contributed by atoms with E-state index < -0.39 is 23.5 Å². The summed E-state index contributed by atoms with van der Waals surface area (Å²) in [5, 5.41) is 14.8. The number of carboxylic acids is 2. The Morgan fingerprint density at radius 2 is 1.29 bits per heavy atom. The molecule has 0 spiro atoms. The smallest absolute Gasteiger partial charge is 0.414 e. The quantitative estimate of drug-likeness (QED) is 0.195. The molecule has 1 aliphatic rings. The SMILES string of the molecule is CC(=O)C(Cc1ccccc1)(OCc1ccccc1)C(=O)OCCN1CCC(c2ccccc2)CC1.O=C(O)C(=O)O. The van der Waals surface area contributed by atoms with Gasteiger partial charge in [-0.25, -0.2) is 14.4 Å². The number of carboxylic acid groups (broad SMARTS) is 2. The van der Waals surface area contributed by atoms with Crippen LogP contribution in [0.3, 0.4) is 0 Å². The van der Waals surface area contributed by atoms with Gasteiger partial charge < -0.3 is 19.7 Å². The van der Waals surface area contributed by atoms with Crippen LogP contribution in [0, 0.1) is 0 Å². The third kappa shape index (κ3) is 9.64. The first-order valence-corrected chi connectivity index (χ1v) is 13.8. The maximum atomic E-state index is 13.4. The number of ether oxygens (including phenoxy) is 2. The lowest BCUT2D eigenvalue weighted by molar-refractivity contribution is -0.179. The zero-order valence-corrected chi connectivity index (χ0v) is 23.7. The van der Waals surface area contributed by atoms with Crippen LogP contribution in [-0.2, 0) is 41.7 Å². The Morgan fingerprint density at radius 1 is 0.786 bits per heavy atom. The van der Waals surface area contributed by atoms with Crippen molar-refractivity contribution in [2.45, 2.75) is 44.3 Å². The zero-order chi connectivity index (χ0) is 30.4. The van der Waals surface area contributed by atoms with Crippen LogP contribution in [0.4, 0.5) is 0 Å². The molecule has 0 bridgehead atoms. The minimum absolute atomic E-state index is 0.136. The topological polar surface area (TPSA) is 130 Å². The van der Waals surface area contributed by atoms with Gasteiger partial charge in [-0.05, 0) is 55.5 Å². The third-order valence-corrected chi connectivity index (χ3v) is 7.20. The Labute approximate surface area is 245 Å². The van der Waals surface area contributed by atoms with E-state index in [0.29, 0.717) is 12.5 Å². The van der Waals surface area contributed by atoms with Gasteiger partial charge in [0, 0.05) is 13.0 Å². The van der Waals surface area contributed by atoms with Gasteiger partial charge in [0.15, 0.2) is 5.78 Å². The van der Waals surface area contributed by atoms with Crippen LogP contribution in [0.1, 0.15) is 42.4 Å². The van der Waals surface area contributed by atoms with Crippen molar-refractivity contribution in [1.29, 1.82) is 0 Å². The number of esters is 1. The van der Waals surface area contributed by atoms with E-state index in [4.69, 9.17) is 29.3 Å². The van der Waals surface area contributed by atoms with Crippen molar-refractivity contribution in [3.05, 3.63) is 108 Å². The fourth-order valence-corrected chi connectivity index (χ4v) is 4.82. The number of nitrogens with zero attached hydrogens (tertiary/aromatic N) is 1. The fraction of sp³-hybridized carbons (Fsp3) is 0.333. The summed E-state index contributed by atoms with van der Waals surface area (Å²) in [6, 6.07) is 29.7. The lowest BCUT2D eigenvalue weighted by Crippen LogP contribution is -2.51. The zero-order valence-electron chi connectivity index (χ0n) is 23.7. The molecule has 222 valence electrons. The number of rotatable bonds is 11. The maximum Gasteiger partial charge on any atom is 0.414 e. The van der Waals surface area contributed by atoms with Crippen LogP contribution < -0.4 is 0 Å². The van der Waals surface area contributed by atoms with Crippen LogP contribution in [0.2, 0.25) is 0 Å². The number of aliphatic carboxylic acids is 2. The summed E-state index contributed by atoms with van der Waals surface area (Å²) >= 11 is 0. The Kier molecular flexibility index (Phi) is 12.4.